The Labute approximate surface area is 118 Å². The van der Waals surface area contributed by atoms with Crippen molar-refractivity contribution in [3.05, 3.63) is 41.0 Å². The molecule has 0 saturated carbocycles. The summed E-state index contributed by atoms with van der Waals surface area (Å²) in [6, 6.07) is 8.13. The lowest BCUT2D eigenvalue weighted by Crippen LogP contribution is -2.29. The summed E-state index contributed by atoms with van der Waals surface area (Å²) in [5.74, 6) is 0. The van der Waals surface area contributed by atoms with Crippen molar-refractivity contribution in [1.29, 1.82) is 0 Å². The number of fused-ring (bicyclic) bond motifs is 1. The van der Waals surface area contributed by atoms with Crippen LogP contribution in [0.15, 0.2) is 30.5 Å². The lowest BCUT2D eigenvalue weighted by molar-refractivity contribution is 0.262. The van der Waals surface area contributed by atoms with Crippen LogP contribution in [0, 0.1) is 0 Å². The maximum Gasteiger partial charge on any atom is 0.0747 e. The highest BCUT2D eigenvalue weighted by Gasteiger charge is 2.08. The van der Waals surface area contributed by atoms with Crippen LogP contribution in [0.4, 0.5) is 0 Å². The Bertz CT molecular complexity index is 545. The highest BCUT2D eigenvalue weighted by molar-refractivity contribution is 6.31. The Morgan fingerprint density at radius 2 is 2.26 bits per heavy atom. The summed E-state index contributed by atoms with van der Waals surface area (Å²) in [5.41, 5.74) is 2.08. The van der Waals surface area contributed by atoms with E-state index in [1.165, 1.54) is 0 Å². The number of pyridine rings is 1. The van der Waals surface area contributed by atoms with Crippen molar-refractivity contribution in [2.75, 3.05) is 6.61 Å². The average Bonchev–Trinajstić information content (AvgIpc) is 2.43. The lowest BCUT2D eigenvalue weighted by atomic mass is 10.1. The molecule has 19 heavy (non-hydrogen) atoms. The molecule has 1 aromatic carbocycles. The zero-order chi connectivity index (χ0) is 13.7. The van der Waals surface area contributed by atoms with Crippen molar-refractivity contribution in [3.8, 4) is 0 Å². The van der Waals surface area contributed by atoms with Crippen molar-refractivity contribution < 1.29 is 5.11 Å². The molecule has 0 amide bonds. The standard InChI is InChI=1S/C15H19ClN2O/c1-2-14(5-7-19)18-10-12-9-13(16)8-11-4-3-6-17-15(11)12/h3-4,6,8-9,14,18-19H,2,5,7,10H2,1H3. The molecular weight excluding hydrogens is 260 g/mol. The minimum atomic E-state index is 0.208. The molecule has 1 aromatic heterocycles. The molecule has 0 aliphatic rings. The molecule has 1 atom stereocenters. The summed E-state index contributed by atoms with van der Waals surface area (Å²) in [5, 5.41) is 14.2. The lowest BCUT2D eigenvalue weighted by Gasteiger charge is -2.16. The number of nitrogens with one attached hydrogen (secondary N) is 1. The van der Waals surface area contributed by atoms with Gasteiger partial charge in [-0.15, -0.1) is 0 Å². The summed E-state index contributed by atoms with van der Waals surface area (Å²) >= 11 is 6.14. The average molecular weight is 279 g/mol. The molecule has 0 saturated heterocycles. The van der Waals surface area contributed by atoms with E-state index < -0.39 is 0 Å². The largest absolute Gasteiger partial charge is 0.396 e. The second-order valence-corrected chi connectivity index (χ2v) is 5.07. The van der Waals surface area contributed by atoms with Gasteiger partial charge in [-0.3, -0.25) is 4.98 Å². The van der Waals surface area contributed by atoms with Gasteiger partial charge < -0.3 is 10.4 Å². The van der Waals surface area contributed by atoms with Gasteiger partial charge in [0.2, 0.25) is 0 Å². The third kappa shape index (κ3) is 3.66. The number of hydrogen-bond donors (Lipinski definition) is 2. The van der Waals surface area contributed by atoms with Gasteiger partial charge in [-0.2, -0.15) is 0 Å². The molecule has 2 aromatic rings. The van der Waals surface area contributed by atoms with Gasteiger partial charge in [-0.25, -0.2) is 0 Å². The fourth-order valence-corrected chi connectivity index (χ4v) is 2.47. The maximum atomic E-state index is 9.01. The van der Waals surface area contributed by atoms with Crippen LogP contribution in [0.25, 0.3) is 10.9 Å². The van der Waals surface area contributed by atoms with Crippen LogP contribution in [0.3, 0.4) is 0 Å². The number of benzene rings is 1. The van der Waals surface area contributed by atoms with Crippen LogP contribution in [0.1, 0.15) is 25.3 Å². The van der Waals surface area contributed by atoms with Gasteiger partial charge in [0, 0.05) is 35.8 Å². The predicted molar refractivity (Wildman–Crippen MR) is 79.4 cm³/mol. The number of aromatic nitrogens is 1. The molecule has 0 aliphatic carbocycles. The topological polar surface area (TPSA) is 45.1 Å². The van der Waals surface area contributed by atoms with E-state index in [1.807, 2.05) is 24.3 Å². The quantitative estimate of drug-likeness (QED) is 0.853. The van der Waals surface area contributed by atoms with Crippen LogP contribution in [-0.2, 0) is 6.54 Å². The Morgan fingerprint density at radius 1 is 1.42 bits per heavy atom. The van der Waals surface area contributed by atoms with Crippen molar-refractivity contribution >= 4 is 22.5 Å². The van der Waals surface area contributed by atoms with E-state index in [9.17, 15) is 0 Å². The summed E-state index contributed by atoms with van der Waals surface area (Å²) < 4.78 is 0. The van der Waals surface area contributed by atoms with E-state index in [-0.39, 0.29) is 6.61 Å². The monoisotopic (exact) mass is 278 g/mol. The molecule has 0 aliphatic heterocycles. The first-order chi connectivity index (χ1) is 9.24. The Kier molecular flexibility index (Phi) is 5.14. The van der Waals surface area contributed by atoms with Crippen molar-refractivity contribution in [2.24, 2.45) is 0 Å². The number of nitrogens with zero attached hydrogens (tertiary/aromatic N) is 1. The molecule has 0 spiro atoms. The van der Waals surface area contributed by atoms with Gasteiger partial charge >= 0.3 is 0 Å². The number of rotatable bonds is 6. The Morgan fingerprint density at radius 3 is 3.00 bits per heavy atom. The highest BCUT2D eigenvalue weighted by atomic mass is 35.5. The molecule has 0 radical (unpaired) electrons. The van der Waals surface area contributed by atoms with E-state index in [1.54, 1.807) is 6.20 Å². The predicted octanol–water partition coefficient (Wildman–Crippen LogP) is 3.14. The van der Waals surface area contributed by atoms with Crippen LogP contribution >= 0.6 is 11.6 Å². The third-order valence-corrected chi connectivity index (χ3v) is 3.52. The summed E-state index contributed by atoms with van der Waals surface area (Å²) in [6.45, 7) is 3.04. The Hall–Kier alpha value is -1.16. The number of aliphatic hydroxyl groups is 1. The number of aliphatic hydroxyl groups excluding tert-OH is 1. The SMILES string of the molecule is CCC(CCO)NCc1cc(Cl)cc2cccnc12. The fraction of sp³-hybridized carbons (Fsp3) is 0.400. The molecular formula is C15H19ClN2O. The minimum Gasteiger partial charge on any atom is -0.396 e. The van der Waals surface area contributed by atoms with E-state index in [2.05, 4.69) is 17.2 Å². The van der Waals surface area contributed by atoms with Crippen LogP contribution in [-0.4, -0.2) is 22.7 Å². The summed E-state index contributed by atoms with van der Waals surface area (Å²) in [6.07, 6.45) is 3.56. The minimum absolute atomic E-state index is 0.208. The molecule has 2 rings (SSSR count). The molecule has 3 nitrogen and oxygen atoms in total. The Balaban J connectivity index is 2.20. The molecule has 4 heteroatoms. The van der Waals surface area contributed by atoms with Crippen LogP contribution in [0.2, 0.25) is 5.02 Å². The van der Waals surface area contributed by atoms with Gasteiger partial charge in [0.25, 0.3) is 0 Å². The second kappa shape index (κ2) is 6.85. The molecule has 2 N–H and O–H groups in total. The second-order valence-electron chi connectivity index (χ2n) is 4.64. The molecule has 0 fully saturated rings. The van der Waals surface area contributed by atoms with Gasteiger partial charge in [0.05, 0.1) is 5.52 Å². The molecule has 0 bridgehead atoms. The molecule has 1 unspecified atom stereocenters. The molecule has 1 heterocycles. The van der Waals surface area contributed by atoms with Crippen molar-refractivity contribution in [3.63, 3.8) is 0 Å². The van der Waals surface area contributed by atoms with E-state index in [0.717, 1.165) is 34.3 Å². The summed E-state index contributed by atoms with van der Waals surface area (Å²) in [4.78, 5) is 4.42. The van der Waals surface area contributed by atoms with Gasteiger partial charge in [-0.05, 0) is 36.6 Å². The van der Waals surface area contributed by atoms with E-state index in [4.69, 9.17) is 16.7 Å². The zero-order valence-corrected chi connectivity index (χ0v) is 11.8. The number of hydrogen-bond acceptors (Lipinski definition) is 3. The fourth-order valence-electron chi connectivity index (χ4n) is 2.22. The smallest absolute Gasteiger partial charge is 0.0747 e. The highest BCUT2D eigenvalue weighted by Crippen LogP contribution is 2.22. The summed E-state index contributed by atoms with van der Waals surface area (Å²) in [7, 11) is 0. The maximum absolute atomic E-state index is 9.01. The van der Waals surface area contributed by atoms with Gasteiger partial charge in [-0.1, -0.05) is 24.6 Å². The first kappa shape index (κ1) is 14.3. The normalized spacial score (nSPS) is 12.8. The first-order valence-corrected chi connectivity index (χ1v) is 6.99. The van der Waals surface area contributed by atoms with Gasteiger partial charge in [0.15, 0.2) is 0 Å². The van der Waals surface area contributed by atoms with Crippen LogP contribution in [0.5, 0.6) is 0 Å². The van der Waals surface area contributed by atoms with Crippen LogP contribution < -0.4 is 5.32 Å². The third-order valence-electron chi connectivity index (χ3n) is 3.30. The number of halogens is 1. The van der Waals surface area contributed by atoms with E-state index in [0.29, 0.717) is 12.6 Å². The molecule has 102 valence electrons. The van der Waals surface area contributed by atoms with E-state index >= 15 is 0 Å². The van der Waals surface area contributed by atoms with Gasteiger partial charge in [0.1, 0.15) is 0 Å². The van der Waals surface area contributed by atoms with Crippen molar-refractivity contribution in [1.82, 2.24) is 10.3 Å². The first-order valence-electron chi connectivity index (χ1n) is 6.62. The van der Waals surface area contributed by atoms with Crippen molar-refractivity contribution in [2.45, 2.75) is 32.4 Å². The zero-order valence-electron chi connectivity index (χ0n) is 11.1.